The summed E-state index contributed by atoms with van der Waals surface area (Å²) >= 11 is 0. The second-order valence-corrected chi connectivity index (χ2v) is 3.59. The van der Waals surface area contributed by atoms with Crippen LogP contribution in [0.4, 0.5) is 5.82 Å². The van der Waals surface area contributed by atoms with Crippen LogP contribution in [0, 0.1) is 5.92 Å². The van der Waals surface area contributed by atoms with Gasteiger partial charge in [-0.25, -0.2) is 4.98 Å². The molecule has 1 fully saturated rings. The minimum atomic E-state index is 0.618. The summed E-state index contributed by atoms with van der Waals surface area (Å²) in [6.07, 6.45) is 7.28. The third-order valence-electron chi connectivity index (χ3n) is 2.60. The van der Waals surface area contributed by atoms with Gasteiger partial charge < -0.3 is 5.73 Å². The van der Waals surface area contributed by atoms with Crippen molar-refractivity contribution in [1.82, 2.24) is 4.98 Å². The molecule has 0 amide bonds. The summed E-state index contributed by atoms with van der Waals surface area (Å²) in [6, 6.07) is 3.97. The number of nitrogens with two attached hydrogens (primary N) is 1. The summed E-state index contributed by atoms with van der Waals surface area (Å²) in [5, 5.41) is 0. The topological polar surface area (TPSA) is 38.9 Å². The predicted molar refractivity (Wildman–Crippen MR) is 49.7 cm³/mol. The van der Waals surface area contributed by atoms with Crippen LogP contribution in [0.25, 0.3) is 0 Å². The molecule has 0 aliphatic heterocycles. The first-order valence-electron chi connectivity index (χ1n) is 4.55. The number of anilines is 1. The zero-order valence-electron chi connectivity index (χ0n) is 7.16. The van der Waals surface area contributed by atoms with Crippen molar-refractivity contribution in [3.8, 4) is 0 Å². The van der Waals surface area contributed by atoms with E-state index in [-0.39, 0.29) is 0 Å². The molecule has 1 aromatic heterocycles. The zero-order valence-corrected chi connectivity index (χ0v) is 7.16. The van der Waals surface area contributed by atoms with Gasteiger partial charge in [-0.2, -0.15) is 0 Å². The Morgan fingerprint density at radius 2 is 2.25 bits per heavy atom. The summed E-state index contributed by atoms with van der Waals surface area (Å²) in [5.74, 6) is 1.53. The van der Waals surface area contributed by atoms with Gasteiger partial charge in [0.25, 0.3) is 0 Å². The minimum Gasteiger partial charge on any atom is -0.384 e. The van der Waals surface area contributed by atoms with Gasteiger partial charge in [0, 0.05) is 6.20 Å². The van der Waals surface area contributed by atoms with Crippen LogP contribution >= 0.6 is 0 Å². The summed E-state index contributed by atoms with van der Waals surface area (Å²) < 4.78 is 0. The van der Waals surface area contributed by atoms with Crippen LogP contribution in [0.2, 0.25) is 0 Å². The van der Waals surface area contributed by atoms with Crippen molar-refractivity contribution in [2.75, 3.05) is 5.73 Å². The highest BCUT2D eigenvalue weighted by molar-refractivity contribution is 5.29. The average Bonchev–Trinajstić information content (AvgIpc) is 2.00. The monoisotopic (exact) mass is 162 g/mol. The maximum Gasteiger partial charge on any atom is 0.123 e. The zero-order chi connectivity index (χ0) is 8.39. The van der Waals surface area contributed by atoms with Gasteiger partial charge in [0.2, 0.25) is 0 Å². The van der Waals surface area contributed by atoms with Crippen LogP contribution in [0.3, 0.4) is 0 Å². The molecule has 2 rings (SSSR count). The third-order valence-corrected chi connectivity index (χ3v) is 2.60. The fourth-order valence-electron chi connectivity index (χ4n) is 1.59. The molecule has 64 valence electrons. The van der Waals surface area contributed by atoms with E-state index in [4.69, 9.17) is 5.73 Å². The number of aromatic nitrogens is 1. The molecule has 0 radical (unpaired) electrons. The molecule has 12 heavy (non-hydrogen) atoms. The number of hydrogen-bond acceptors (Lipinski definition) is 2. The summed E-state index contributed by atoms with van der Waals surface area (Å²) in [7, 11) is 0. The molecule has 0 unspecified atom stereocenters. The summed E-state index contributed by atoms with van der Waals surface area (Å²) in [4.78, 5) is 4.07. The van der Waals surface area contributed by atoms with Crippen LogP contribution in [0.15, 0.2) is 18.3 Å². The number of rotatable bonds is 2. The quantitative estimate of drug-likeness (QED) is 0.722. The molecule has 1 aliphatic rings. The Morgan fingerprint density at radius 3 is 2.75 bits per heavy atom. The number of nitrogen functional groups attached to an aromatic ring is 1. The van der Waals surface area contributed by atoms with Crippen molar-refractivity contribution in [2.24, 2.45) is 5.92 Å². The Kier molecular flexibility index (Phi) is 1.98. The molecule has 1 aliphatic carbocycles. The van der Waals surface area contributed by atoms with E-state index >= 15 is 0 Å². The Morgan fingerprint density at radius 1 is 1.42 bits per heavy atom. The Hall–Kier alpha value is -1.05. The highest BCUT2D eigenvalue weighted by Gasteiger charge is 2.17. The van der Waals surface area contributed by atoms with Gasteiger partial charge in [0.05, 0.1) is 0 Å². The van der Waals surface area contributed by atoms with Crippen molar-refractivity contribution in [2.45, 2.75) is 25.7 Å². The molecule has 0 atom stereocenters. The Balaban J connectivity index is 1.98. The van der Waals surface area contributed by atoms with Gasteiger partial charge in [0.15, 0.2) is 0 Å². The lowest BCUT2D eigenvalue weighted by molar-refractivity contribution is 0.314. The highest BCUT2D eigenvalue weighted by Crippen LogP contribution is 2.29. The van der Waals surface area contributed by atoms with Gasteiger partial charge in [-0.05, 0) is 24.0 Å². The van der Waals surface area contributed by atoms with Crippen LogP contribution in [-0.4, -0.2) is 4.98 Å². The van der Waals surface area contributed by atoms with Crippen LogP contribution in [0.5, 0.6) is 0 Å². The second kappa shape index (κ2) is 3.13. The fourth-order valence-corrected chi connectivity index (χ4v) is 1.59. The van der Waals surface area contributed by atoms with Crippen LogP contribution in [0.1, 0.15) is 24.8 Å². The van der Waals surface area contributed by atoms with E-state index in [1.54, 1.807) is 0 Å². The molecule has 2 N–H and O–H groups in total. The first-order valence-corrected chi connectivity index (χ1v) is 4.55. The first-order chi connectivity index (χ1) is 5.84. The van der Waals surface area contributed by atoms with E-state index in [1.807, 2.05) is 12.3 Å². The molecule has 1 heterocycles. The first kappa shape index (κ1) is 7.59. The third kappa shape index (κ3) is 1.58. The second-order valence-electron chi connectivity index (χ2n) is 3.59. The molecular weight excluding hydrogens is 148 g/mol. The molecule has 0 saturated heterocycles. The van der Waals surface area contributed by atoms with E-state index in [0.717, 1.165) is 5.92 Å². The maximum atomic E-state index is 5.49. The Labute approximate surface area is 72.8 Å². The van der Waals surface area contributed by atoms with Gasteiger partial charge in [-0.1, -0.05) is 25.3 Å². The van der Waals surface area contributed by atoms with Crippen molar-refractivity contribution in [3.05, 3.63) is 23.9 Å². The van der Waals surface area contributed by atoms with E-state index in [2.05, 4.69) is 11.1 Å². The van der Waals surface area contributed by atoms with Gasteiger partial charge in [-0.15, -0.1) is 0 Å². The van der Waals surface area contributed by atoms with E-state index in [1.165, 1.54) is 31.2 Å². The number of hydrogen-bond donors (Lipinski definition) is 1. The summed E-state index contributed by atoms with van der Waals surface area (Å²) in [5.41, 5.74) is 6.82. The normalized spacial score (nSPS) is 17.3. The van der Waals surface area contributed by atoms with Crippen molar-refractivity contribution in [1.29, 1.82) is 0 Å². The average molecular weight is 162 g/mol. The summed E-state index contributed by atoms with van der Waals surface area (Å²) in [6.45, 7) is 0. The van der Waals surface area contributed by atoms with E-state index in [9.17, 15) is 0 Å². The van der Waals surface area contributed by atoms with Crippen molar-refractivity contribution in [3.63, 3.8) is 0 Å². The van der Waals surface area contributed by atoms with E-state index in [0.29, 0.717) is 5.82 Å². The lowest BCUT2D eigenvalue weighted by atomic mass is 9.81. The highest BCUT2D eigenvalue weighted by atomic mass is 14.8. The predicted octanol–water partition coefficient (Wildman–Crippen LogP) is 2.01. The van der Waals surface area contributed by atoms with Gasteiger partial charge >= 0.3 is 0 Å². The standard InChI is InChI=1S/C10H14N2/c11-10-5-4-9(7-12-10)6-8-2-1-3-8/h4-5,7-8H,1-3,6H2,(H2,11,12). The number of nitrogens with zero attached hydrogens (tertiary/aromatic N) is 1. The van der Waals surface area contributed by atoms with Crippen LogP contribution < -0.4 is 5.73 Å². The number of pyridine rings is 1. The van der Waals surface area contributed by atoms with Crippen molar-refractivity contribution >= 4 is 5.82 Å². The molecule has 2 nitrogen and oxygen atoms in total. The van der Waals surface area contributed by atoms with Gasteiger partial charge in [-0.3, -0.25) is 0 Å². The van der Waals surface area contributed by atoms with Crippen LogP contribution in [-0.2, 0) is 6.42 Å². The fraction of sp³-hybridized carbons (Fsp3) is 0.500. The molecular formula is C10H14N2. The van der Waals surface area contributed by atoms with Crippen molar-refractivity contribution < 1.29 is 0 Å². The molecule has 2 heteroatoms. The lowest BCUT2D eigenvalue weighted by Crippen LogP contribution is -2.13. The lowest BCUT2D eigenvalue weighted by Gasteiger charge is -2.24. The van der Waals surface area contributed by atoms with Gasteiger partial charge in [0.1, 0.15) is 5.82 Å². The molecule has 1 aromatic rings. The minimum absolute atomic E-state index is 0.618. The molecule has 0 bridgehead atoms. The Bertz CT molecular complexity index is 249. The molecule has 0 spiro atoms. The van der Waals surface area contributed by atoms with E-state index < -0.39 is 0 Å². The SMILES string of the molecule is Nc1ccc(CC2CCC2)cn1. The molecule has 1 saturated carbocycles. The smallest absolute Gasteiger partial charge is 0.123 e. The largest absolute Gasteiger partial charge is 0.384 e. The molecule has 0 aromatic carbocycles. The maximum absolute atomic E-state index is 5.49.